The molecule has 0 unspecified atom stereocenters. The molecule has 55 heavy (non-hydrogen) atoms. The zero-order chi connectivity index (χ0) is 39.4. The van der Waals surface area contributed by atoms with E-state index >= 15 is 0 Å². The third-order valence-electron chi connectivity index (χ3n) is 12.8. The van der Waals surface area contributed by atoms with Crippen LogP contribution in [0.3, 0.4) is 0 Å². The van der Waals surface area contributed by atoms with Crippen LogP contribution in [-0.2, 0) is 28.6 Å². The van der Waals surface area contributed by atoms with Crippen LogP contribution in [0.25, 0.3) is 22.3 Å². The second kappa shape index (κ2) is 24.4. The van der Waals surface area contributed by atoms with Gasteiger partial charge in [0.25, 0.3) is 0 Å². The van der Waals surface area contributed by atoms with Crippen molar-refractivity contribution < 1.29 is 9.31 Å². The van der Waals surface area contributed by atoms with Crippen molar-refractivity contribution in [2.75, 3.05) is 0 Å². The first-order chi connectivity index (χ1) is 26.7. The summed E-state index contributed by atoms with van der Waals surface area (Å²) < 4.78 is 13.5. The molecule has 0 radical (unpaired) electrons. The lowest BCUT2D eigenvalue weighted by atomic mass is 9.72. The summed E-state index contributed by atoms with van der Waals surface area (Å²) in [7, 11) is -0.327. The van der Waals surface area contributed by atoms with Gasteiger partial charge in [-0.15, -0.1) is 0 Å². The lowest BCUT2D eigenvalue weighted by Crippen LogP contribution is -2.41. The molecule has 0 aliphatic carbocycles. The second-order valence-electron chi connectivity index (χ2n) is 18.0. The Morgan fingerprint density at radius 1 is 0.400 bits per heavy atom. The Bertz CT molecular complexity index is 1450. The number of rotatable bonds is 28. The Kier molecular flexibility index (Phi) is 20.1. The van der Waals surface area contributed by atoms with Gasteiger partial charge < -0.3 is 9.31 Å². The fraction of sp³-hybridized carbons (Fsp3) is 0.654. The second-order valence-corrected chi connectivity index (χ2v) is 18.0. The molecule has 0 amide bonds. The standard InChI is InChI=1S/C52H81BO2/c1-8-11-14-16-18-20-22-24-26-28-31-47-42-50(53-54-51(4,5)52(6,7)55-53)48(32-29-27-25-23-21-19-17-15-12-9-2)41-49(47)46-39-37-45(38-40-46)44-35-33-43(34-36-44)30-13-10-3/h33-42H,8-32H2,1-7H3. The predicted octanol–water partition coefficient (Wildman–Crippen LogP) is 15.6. The van der Waals surface area contributed by atoms with Crippen LogP contribution < -0.4 is 5.46 Å². The summed E-state index contributed by atoms with van der Waals surface area (Å²) in [6.45, 7) is 15.6. The molecule has 0 aromatic heterocycles. The fourth-order valence-corrected chi connectivity index (χ4v) is 8.28. The molecule has 1 aliphatic rings. The molecule has 1 saturated heterocycles. The Balaban J connectivity index is 1.54. The van der Waals surface area contributed by atoms with Crippen molar-refractivity contribution in [3.8, 4) is 22.3 Å². The van der Waals surface area contributed by atoms with Crippen LogP contribution in [-0.4, -0.2) is 18.3 Å². The monoisotopic (exact) mass is 749 g/mol. The van der Waals surface area contributed by atoms with Crippen molar-refractivity contribution >= 4 is 12.6 Å². The van der Waals surface area contributed by atoms with E-state index in [1.165, 1.54) is 192 Å². The highest BCUT2D eigenvalue weighted by Crippen LogP contribution is 2.38. The molecule has 3 heteroatoms. The Labute approximate surface area is 340 Å². The Hall–Kier alpha value is -2.36. The van der Waals surface area contributed by atoms with E-state index in [0.717, 1.165) is 12.8 Å². The van der Waals surface area contributed by atoms with Crippen LogP contribution in [0.2, 0.25) is 0 Å². The van der Waals surface area contributed by atoms with Crippen molar-refractivity contribution in [3.63, 3.8) is 0 Å². The summed E-state index contributed by atoms with van der Waals surface area (Å²) >= 11 is 0. The highest BCUT2D eigenvalue weighted by Gasteiger charge is 2.52. The highest BCUT2D eigenvalue weighted by atomic mass is 16.7. The fourth-order valence-electron chi connectivity index (χ4n) is 8.28. The molecule has 2 nitrogen and oxygen atoms in total. The quantitative estimate of drug-likeness (QED) is 0.0544. The summed E-state index contributed by atoms with van der Waals surface area (Å²) in [5.74, 6) is 0. The summed E-state index contributed by atoms with van der Waals surface area (Å²) in [6.07, 6.45) is 32.9. The van der Waals surface area contributed by atoms with Gasteiger partial charge in [0.2, 0.25) is 0 Å². The number of hydrogen-bond acceptors (Lipinski definition) is 2. The molecule has 1 aliphatic heterocycles. The molecule has 0 spiro atoms. The number of unbranched alkanes of at least 4 members (excludes halogenated alkanes) is 19. The summed E-state index contributed by atoms with van der Waals surface area (Å²) in [4.78, 5) is 0. The van der Waals surface area contributed by atoms with Gasteiger partial charge in [-0.25, -0.2) is 0 Å². The minimum absolute atomic E-state index is 0.327. The van der Waals surface area contributed by atoms with Crippen LogP contribution in [0.4, 0.5) is 0 Å². The van der Waals surface area contributed by atoms with Crippen molar-refractivity contribution in [2.45, 2.75) is 220 Å². The van der Waals surface area contributed by atoms with E-state index in [0.29, 0.717) is 0 Å². The van der Waals surface area contributed by atoms with E-state index < -0.39 is 0 Å². The van der Waals surface area contributed by atoms with Crippen LogP contribution >= 0.6 is 0 Å². The van der Waals surface area contributed by atoms with E-state index in [1.807, 2.05) is 0 Å². The van der Waals surface area contributed by atoms with Crippen LogP contribution in [0.15, 0.2) is 60.7 Å². The van der Waals surface area contributed by atoms with Crippen LogP contribution in [0, 0.1) is 0 Å². The first-order valence-corrected chi connectivity index (χ1v) is 23.4. The molecule has 0 N–H and O–H groups in total. The average molecular weight is 749 g/mol. The summed E-state index contributed by atoms with van der Waals surface area (Å²) in [6, 6.07) is 23.7. The average Bonchev–Trinajstić information content (AvgIpc) is 3.41. The van der Waals surface area contributed by atoms with Gasteiger partial charge in [-0.2, -0.15) is 0 Å². The zero-order valence-electron chi connectivity index (χ0n) is 36.8. The van der Waals surface area contributed by atoms with Gasteiger partial charge in [0.15, 0.2) is 0 Å². The third kappa shape index (κ3) is 14.8. The normalized spacial score (nSPS) is 14.9. The zero-order valence-corrected chi connectivity index (χ0v) is 36.8. The maximum absolute atomic E-state index is 6.77. The topological polar surface area (TPSA) is 18.5 Å². The number of hydrogen-bond donors (Lipinski definition) is 0. The Morgan fingerprint density at radius 2 is 0.782 bits per heavy atom. The molecule has 1 fully saturated rings. The van der Waals surface area contributed by atoms with Crippen molar-refractivity contribution in [1.29, 1.82) is 0 Å². The minimum Gasteiger partial charge on any atom is -0.399 e. The van der Waals surface area contributed by atoms with Gasteiger partial charge in [0.1, 0.15) is 0 Å². The molecular formula is C52H81BO2. The predicted molar refractivity (Wildman–Crippen MR) is 243 cm³/mol. The number of aryl methyl sites for hydroxylation is 3. The SMILES string of the molecule is CCCCCCCCCCCCc1cc(-c2ccc(-c3ccc(CCCC)cc3)cc2)c(CCCCCCCCCCCC)cc1B1OC(C)(C)C(C)(C)O1. The maximum Gasteiger partial charge on any atom is 0.495 e. The van der Waals surface area contributed by atoms with E-state index in [4.69, 9.17) is 9.31 Å². The first-order valence-electron chi connectivity index (χ1n) is 23.4. The van der Waals surface area contributed by atoms with Crippen LogP contribution in [0.1, 0.15) is 206 Å². The lowest BCUT2D eigenvalue weighted by molar-refractivity contribution is 0.00578. The molecule has 0 atom stereocenters. The lowest BCUT2D eigenvalue weighted by Gasteiger charge is -2.32. The first kappa shape index (κ1) is 45.3. The number of benzene rings is 3. The molecule has 3 aromatic rings. The maximum atomic E-state index is 6.77. The van der Waals surface area contributed by atoms with Gasteiger partial charge in [-0.05, 0) is 111 Å². The molecular weight excluding hydrogens is 667 g/mol. The van der Waals surface area contributed by atoms with Gasteiger partial charge in [0.05, 0.1) is 11.2 Å². The van der Waals surface area contributed by atoms with E-state index in [1.54, 1.807) is 0 Å². The van der Waals surface area contributed by atoms with Crippen molar-refractivity contribution in [1.82, 2.24) is 0 Å². The van der Waals surface area contributed by atoms with Gasteiger partial charge in [-0.1, -0.05) is 203 Å². The molecule has 1 heterocycles. The summed E-state index contributed by atoms with van der Waals surface area (Å²) in [5.41, 5.74) is 10.2. The highest BCUT2D eigenvalue weighted by molar-refractivity contribution is 6.62. The van der Waals surface area contributed by atoms with Gasteiger partial charge in [-0.3, -0.25) is 0 Å². The van der Waals surface area contributed by atoms with E-state index in [-0.39, 0.29) is 18.3 Å². The van der Waals surface area contributed by atoms with Crippen molar-refractivity contribution in [3.05, 3.63) is 77.4 Å². The Morgan fingerprint density at radius 3 is 1.24 bits per heavy atom. The largest absolute Gasteiger partial charge is 0.495 e. The van der Waals surface area contributed by atoms with Crippen molar-refractivity contribution in [2.24, 2.45) is 0 Å². The summed E-state index contributed by atoms with van der Waals surface area (Å²) in [5, 5.41) is 0. The molecule has 0 saturated carbocycles. The minimum atomic E-state index is -0.356. The molecule has 0 bridgehead atoms. The van der Waals surface area contributed by atoms with E-state index in [9.17, 15) is 0 Å². The molecule has 4 rings (SSSR count). The third-order valence-corrected chi connectivity index (χ3v) is 12.8. The molecule has 3 aromatic carbocycles. The smallest absolute Gasteiger partial charge is 0.399 e. The molecule has 304 valence electrons. The van der Waals surface area contributed by atoms with E-state index in [2.05, 4.69) is 109 Å². The van der Waals surface area contributed by atoms with Gasteiger partial charge in [0, 0.05) is 0 Å². The van der Waals surface area contributed by atoms with Crippen LogP contribution in [0.5, 0.6) is 0 Å². The van der Waals surface area contributed by atoms with Gasteiger partial charge >= 0.3 is 7.12 Å².